The average molecular weight is 506 g/mol. The molecule has 3 aromatic rings. The molecule has 6 N–H and O–H groups in total. The normalized spacial score (nSPS) is 23.2. The average Bonchev–Trinajstić information content (AvgIpc) is 3.31. The fraction of sp³-hybridized carbons (Fsp3) is 0.353. The van der Waals surface area contributed by atoms with Crippen molar-refractivity contribution in [3.63, 3.8) is 0 Å². The van der Waals surface area contributed by atoms with E-state index in [-0.39, 0.29) is 34.1 Å². The van der Waals surface area contributed by atoms with Gasteiger partial charge in [0, 0.05) is 17.1 Å². The van der Waals surface area contributed by atoms with Crippen LogP contribution >= 0.6 is 19.4 Å². The lowest BCUT2D eigenvalue weighted by Gasteiger charge is -2.16. The number of aliphatic hydroxyl groups is 3. The van der Waals surface area contributed by atoms with Gasteiger partial charge < -0.3 is 29.9 Å². The first-order valence-corrected chi connectivity index (χ1v) is 11.3. The number of anilines is 1. The third-order valence-electron chi connectivity index (χ3n) is 4.95. The Morgan fingerprint density at radius 2 is 2.00 bits per heavy atom. The van der Waals surface area contributed by atoms with Gasteiger partial charge in [-0.2, -0.15) is 0 Å². The van der Waals surface area contributed by atoms with Gasteiger partial charge in [0.15, 0.2) is 34.8 Å². The zero-order chi connectivity index (χ0) is 23.9. The van der Waals surface area contributed by atoms with Crippen LogP contribution in [0.15, 0.2) is 24.8 Å². The van der Waals surface area contributed by atoms with Crippen LogP contribution in [0.5, 0.6) is 5.75 Å². The first kappa shape index (κ1) is 23.7. The van der Waals surface area contributed by atoms with E-state index in [1.807, 2.05) is 0 Å². The van der Waals surface area contributed by atoms with Crippen LogP contribution in [-0.2, 0) is 15.8 Å². The minimum Gasteiger partial charge on any atom is -0.401 e. The predicted octanol–water partition coefficient (Wildman–Crippen LogP) is 0.314. The Kier molecular flexibility index (Phi) is 6.53. The van der Waals surface area contributed by atoms with Gasteiger partial charge in [0.2, 0.25) is 0 Å². The Hall–Kier alpha value is -2.42. The molecule has 33 heavy (non-hydrogen) atoms. The molecule has 1 aliphatic rings. The monoisotopic (exact) mass is 505 g/mol. The van der Waals surface area contributed by atoms with Gasteiger partial charge >= 0.3 is 7.82 Å². The fourth-order valence-corrected chi connectivity index (χ4v) is 4.00. The van der Waals surface area contributed by atoms with Gasteiger partial charge in [0.1, 0.15) is 24.6 Å². The molecule has 0 spiro atoms. The number of hydrogen-bond donors (Lipinski definition) is 6. The lowest BCUT2D eigenvalue weighted by Crippen LogP contribution is -2.33. The van der Waals surface area contributed by atoms with Crippen LogP contribution in [0.3, 0.4) is 0 Å². The van der Waals surface area contributed by atoms with Gasteiger partial charge in [-0.05, 0) is 12.1 Å². The van der Waals surface area contributed by atoms with Crippen LogP contribution < -0.4 is 9.84 Å². The number of hydrogen-bond acceptors (Lipinski definition) is 10. The number of nitrogens with one attached hydrogen (secondary N) is 1. The number of aromatic nitrogens is 4. The number of phosphoric ester groups is 1. The van der Waals surface area contributed by atoms with Crippen molar-refractivity contribution in [2.75, 3.05) is 11.9 Å². The summed E-state index contributed by atoms with van der Waals surface area (Å²) in [5.41, 5.74) is 0.291. The van der Waals surface area contributed by atoms with Crippen molar-refractivity contribution in [1.29, 1.82) is 0 Å². The molecule has 178 valence electrons. The second-order valence-electron chi connectivity index (χ2n) is 7.05. The van der Waals surface area contributed by atoms with E-state index in [9.17, 15) is 24.3 Å². The number of benzene rings is 1. The van der Waals surface area contributed by atoms with Gasteiger partial charge in [0.05, 0.1) is 12.9 Å². The van der Waals surface area contributed by atoms with Crippen molar-refractivity contribution in [1.82, 2.24) is 19.5 Å². The molecular weight excluding hydrogens is 488 g/mol. The molecule has 4 rings (SSSR count). The first-order valence-electron chi connectivity index (χ1n) is 9.36. The lowest BCUT2D eigenvalue weighted by molar-refractivity contribution is -0.0511. The van der Waals surface area contributed by atoms with Gasteiger partial charge in [-0.1, -0.05) is 11.6 Å². The van der Waals surface area contributed by atoms with Crippen LogP contribution in [0, 0.1) is 5.82 Å². The predicted molar refractivity (Wildman–Crippen MR) is 110 cm³/mol. The highest BCUT2D eigenvalue weighted by atomic mass is 35.5. The maximum absolute atomic E-state index is 14.7. The smallest absolute Gasteiger partial charge is 0.401 e. The maximum atomic E-state index is 14.7. The van der Waals surface area contributed by atoms with Crippen LogP contribution in [0.25, 0.3) is 11.2 Å². The standard InChI is InChI=1S/C17H18ClFN5O8P/c18-8-1-2-9(32-33(28,29)30)11(19)7(8)3-20-15-12-16(22-5-21-15)24(6-23-12)17-14(27)13(26)10(4-25)31-17/h1-2,5-6,10,13-14,17,25-27H,3-4H2,(H,20,21,22)(H2,28,29,30)/t10-,13-,14-,17-/m1/s1. The van der Waals surface area contributed by atoms with Gasteiger partial charge in [-0.3, -0.25) is 14.4 Å². The zero-order valence-electron chi connectivity index (χ0n) is 16.5. The number of phosphoric acid groups is 1. The van der Waals surface area contributed by atoms with Crippen molar-refractivity contribution < 1.29 is 43.3 Å². The molecule has 1 aliphatic heterocycles. The van der Waals surface area contributed by atoms with Crippen molar-refractivity contribution in [3.05, 3.63) is 41.2 Å². The molecule has 0 aliphatic carbocycles. The van der Waals surface area contributed by atoms with E-state index >= 15 is 0 Å². The summed E-state index contributed by atoms with van der Waals surface area (Å²) in [6.45, 7) is -0.754. The highest BCUT2D eigenvalue weighted by Crippen LogP contribution is 2.40. The molecule has 1 saturated heterocycles. The Balaban J connectivity index is 1.60. The van der Waals surface area contributed by atoms with E-state index in [2.05, 4.69) is 24.8 Å². The molecule has 1 fully saturated rings. The van der Waals surface area contributed by atoms with E-state index in [1.54, 1.807) is 0 Å². The number of ether oxygens (including phenoxy) is 1. The molecule has 2 aromatic heterocycles. The van der Waals surface area contributed by atoms with E-state index in [0.29, 0.717) is 0 Å². The number of fused-ring (bicyclic) bond motifs is 1. The third-order valence-corrected chi connectivity index (χ3v) is 5.74. The minimum atomic E-state index is -4.99. The minimum absolute atomic E-state index is 0.0274. The molecule has 3 heterocycles. The van der Waals surface area contributed by atoms with E-state index in [4.69, 9.17) is 26.1 Å². The second kappa shape index (κ2) is 9.08. The maximum Gasteiger partial charge on any atom is 0.524 e. The van der Waals surface area contributed by atoms with E-state index in [0.717, 1.165) is 6.07 Å². The molecule has 0 bridgehead atoms. The van der Waals surface area contributed by atoms with Crippen molar-refractivity contribution in [3.8, 4) is 5.75 Å². The van der Waals surface area contributed by atoms with Crippen LogP contribution in [0.2, 0.25) is 5.02 Å². The molecule has 0 unspecified atom stereocenters. The summed E-state index contributed by atoms with van der Waals surface area (Å²) in [6.07, 6.45) is -2.25. The quantitative estimate of drug-likeness (QED) is 0.241. The van der Waals surface area contributed by atoms with Crippen LogP contribution in [-0.4, -0.2) is 69.5 Å². The third kappa shape index (κ3) is 4.65. The Morgan fingerprint density at radius 3 is 2.67 bits per heavy atom. The highest BCUT2D eigenvalue weighted by molar-refractivity contribution is 7.46. The molecular formula is C17H18ClFN5O8P. The summed E-state index contributed by atoms with van der Waals surface area (Å²) >= 11 is 6.03. The zero-order valence-corrected chi connectivity index (χ0v) is 18.1. The summed E-state index contributed by atoms with van der Waals surface area (Å²) < 4.78 is 36.9. The Morgan fingerprint density at radius 1 is 1.24 bits per heavy atom. The number of aliphatic hydroxyl groups excluding tert-OH is 3. The first-order chi connectivity index (χ1) is 15.6. The largest absolute Gasteiger partial charge is 0.524 e. The highest BCUT2D eigenvalue weighted by Gasteiger charge is 2.44. The SMILES string of the molecule is O=P(O)(O)Oc1ccc(Cl)c(CNc2ncnc3c2ncn3[C@@H]2O[C@H](CO)[C@@H](O)[C@H]2O)c1F. The van der Waals surface area contributed by atoms with Crippen molar-refractivity contribution in [2.24, 2.45) is 0 Å². The Bertz CT molecular complexity index is 1230. The fourth-order valence-electron chi connectivity index (χ4n) is 3.39. The summed E-state index contributed by atoms with van der Waals surface area (Å²) in [5, 5.41) is 32.3. The van der Waals surface area contributed by atoms with E-state index < -0.39 is 50.5 Å². The lowest BCUT2D eigenvalue weighted by atomic mass is 10.1. The number of rotatable bonds is 7. The summed E-state index contributed by atoms with van der Waals surface area (Å²) in [4.78, 5) is 30.2. The molecule has 0 radical (unpaired) electrons. The summed E-state index contributed by atoms with van der Waals surface area (Å²) in [7, 11) is -4.99. The molecule has 0 saturated carbocycles. The second-order valence-corrected chi connectivity index (χ2v) is 8.62. The molecule has 13 nitrogen and oxygen atoms in total. The van der Waals surface area contributed by atoms with E-state index in [1.165, 1.54) is 23.3 Å². The van der Waals surface area contributed by atoms with Crippen LogP contribution in [0.1, 0.15) is 11.8 Å². The summed E-state index contributed by atoms with van der Waals surface area (Å²) in [5.74, 6) is -1.59. The van der Waals surface area contributed by atoms with Gasteiger partial charge in [0.25, 0.3) is 0 Å². The molecule has 16 heteroatoms. The Labute approximate surface area is 189 Å². The van der Waals surface area contributed by atoms with Gasteiger partial charge in [-0.15, -0.1) is 0 Å². The topological polar surface area (TPSA) is 192 Å². The van der Waals surface area contributed by atoms with Crippen LogP contribution in [0.4, 0.5) is 10.2 Å². The van der Waals surface area contributed by atoms with Crippen molar-refractivity contribution >= 4 is 36.4 Å². The number of nitrogens with zero attached hydrogens (tertiary/aromatic N) is 4. The summed E-state index contributed by atoms with van der Waals surface area (Å²) in [6, 6.07) is 2.21. The number of imidazole rings is 1. The number of halogens is 2. The molecule has 0 amide bonds. The van der Waals surface area contributed by atoms with Crippen molar-refractivity contribution in [2.45, 2.75) is 31.1 Å². The van der Waals surface area contributed by atoms with Gasteiger partial charge in [-0.25, -0.2) is 23.9 Å². The molecule has 4 atom stereocenters. The molecule has 1 aromatic carbocycles.